The van der Waals surface area contributed by atoms with Gasteiger partial charge in [-0.25, -0.2) is 4.98 Å². The van der Waals surface area contributed by atoms with Crippen LogP contribution in [0.5, 0.6) is 0 Å². The molecule has 2 aliphatic rings. The molecule has 1 nitrogen and oxygen atoms in total. The van der Waals surface area contributed by atoms with E-state index < -0.39 is 0 Å². The van der Waals surface area contributed by atoms with Crippen molar-refractivity contribution in [2.24, 2.45) is 0 Å². The van der Waals surface area contributed by atoms with Gasteiger partial charge in [-0.15, -0.1) is 0 Å². The van der Waals surface area contributed by atoms with Crippen LogP contribution in [-0.4, -0.2) is 4.98 Å². The van der Waals surface area contributed by atoms with Gasteiger partial charge in [0, 0.05) is 27.2 Å². The Bertz CT molecular complexity index is 3790. The van der Waals surface area contributed by atoms with Crippen molar-refractivity contribution in [3.8, 4) is 66.9 Å². The van der Waals surface area contributed by atoms with Crippen LogP contribution in [0, 0.1) is 0 Å². The number of hydrogen-bond acceptors (Lipinski definition) is 1. The lowest BCUT2D eigenvalue weighted by Gasteiger charge is -2.24. The van der Waals surface area contributed by atoms with Gasteiger partial charge in [0.05, 0.1) is 11.2 Å². The Morgan fingerprint density at radius 3 is 1.16 bits per heavy atom. The summed E-state index contributed by atoms with van der Waals surface area (Å²) in [5.41, 5.74) is 21.3. The fraction of sp³-hybridized carbons (Fsp3) is 0.0952. The lowest BCUT2D eigenvalue weighted by atomic mass is 9.79. The SMILES string of the molecule is CC1(C)c2cc(-c3ccc4c(c3)C(C)(C)c3cc(-c5ccc6ccc7ccccc7c6n5)ccc3-4)ccc2-c2ccc(-c3ccc4cc(-c5ccc6ccccc6c5)ccc4c3)cc21. The molecule has 64 heavy (non-hydrogen) atoms. The second-order valence-corrected chi connectivity index (χ2v) is 19.2. The number of fused-ring (bicyclic) bond motifs is 11. The molecule has 0 saturated heterocycles. The molecular weight excluding hydrogens is 771 g/mol. The highest BCUT2D eigenvalue weighted by atomic mass is 14.7. The second kappa shape index (κ2) is 13.4. The number of aromatic nitrogens is 1. The molecule has 0 saturated carbocycles. The highest BCUT2D eigenvalue weighted by Crippen LogP contribution is 2.53. The predicted octanol–water partition coefficient (Wildman–Crippen LogP) is 17.0. The van der Waals surface area contributed by atoms with Gasteiger partial charge >= 0.3 is 0 Å². The summed E-state index contributed by atoms with van der Waals surface area (Å²) in [7, 11) is 0. The normalized spacial score (nSPS) is 14.2. The van der Waals surface area contributed by atoms with Crippen LogP contribution in [0.25, 0.3) is 110 Å². The van der Waals surface area contributed by atoms with E-state index in [-0.39, 0.29) is 10.8 Å². The molecule has 11 aromatic rings. The monoisotopic (exact) mass is 815 g/mol. The lowest BCUT2D eigenvalue weighted by Crippen LogP contribution is -2.15. The highest BCUT2D eigenvalue weighted by Gasteiger charge is 2.38. The van der Waals surface area contributed by atoms with E-state index in [1.54, 1.807) is 0 Å². The van der Waals surface area contributed by atoms with Crippen LogP contribution in [0.4, 0.5) is 0 Å². The van der Waals surface area contributed by atoms with Crippen LogP contribution in [0.3, 0.4) is 0 Å². The molecule has 13 rings (SSSR count). The third kappa shape index (κ3) is 5.53. The molecule has 10 aromatic carbocycles. The van der Waals surface area contributed by atoms with E-state index in [0.717, 1.165) is 16.8 Å². The van der Waals surface area contributed by atoms with Crippen molar-refractivity contribution in [3.63, 3.8) is 0 Å². The zero-order valence-corrected chi connectivity index (χ0v) is 36.5. The van der Waals surface area contributed by atoms with Gasteiger partial charge in [0.1, 0.15) is 0 Å². The van der Waals surface area contributed by atoms with Crippen LogP contribution in [0.1, 0.15) is 49.9 Å². The van der Waals surface area contributed by atoms with Gasteiger partial charge < -0.3 is 0 Å². The number of rotatable bonds is 4. The quantitative estimate of drug-likeness (QED) is 0.161. The van der Waals surface area contributed by atoms with E-state index in [1.165, 1.54) is 116 Å². The first-order valence-corrected chi connectivity index (χ1v) is 22.6. The number of hydrogen-bond donors (Lipinski definition) is 0. The fourth-order valence-electron chi connectivity index (χ4n) is 11.2. The molecule has 0 amide bonds. The summed E-state index contributed by atoms with van der Waals surface area (Å²) in [5.74, 6) is 0. The van der Waals surface area contributed by atoms with Gasteiger partial charge in [-0.3, -0.25) is 0 Å². The summed E-state index contributed by atoms with van der Waals surface area (Å²) in [6, 6.07) is 74.8. The van der Waals surface area contributed by atoms with Crippen molar-refractivity contribution in [1.82, 2.24) is 4.98 Å². The number of nitrogens with zero attached hydrogens (tertiary/aromatic N) is 1. The lowest BCUT2D eigenvalue weighted by molar-refractivity contribution is 0.659. The molecule has 0 N–H and O–H groups in total. The first-order valence-electron chi connectivity index (χ1n) is 22.6. The molecule has 0 aliphatic heterocycles. The largest absolute Gasteiger partial charge is 0.247 e. The van der Waals surface area contributed by atoms with E-state index in [0.29, 0.717) is 0 Å². The predicted molar refractivity (Wildman–Crippen MR) is 271 cm³/mol. The standard InChI is InChI=1S/C63H45N/c1-62(2)56-34-47(46-20-19-44-32-43(17-18-45(44)33-46)42-16-13-38-9-5-6-11-41(38)31-42)21-26-52(56)53-27-22-48(35-57(53)62)49-23-28-54-55-29-24-50(37-59(55)63(3,4)58(54)36-49)60-30-25-40-15-14-39-10-7-8-12-51(39)61(40)64-60/h5-37H,1-4H3. The van der Waals surface area contributed by atoms with Gasteiger partial charge in [0.15, 0.2) is 0 Å². The Balaban J connectivity index is 0.798. The Hall–Kier alpha value is -7.61. The maximum absolute atomic E-state index is 5.25. The van der Waals surface area contributed by atoms with Crippen molar-refractivity contribution in [2.75, 3.05) is 0 Å². The summed E-state index contributed by atoms with van der Waals surface area (Å²) in [5, 5.41) is 8.63. The molecule has 1 heterocycles. The summed E-state index contributed by atoms with van der Waals surface area (Å²) in [4.78, 5) is 5.25. The average Bonchev–Trinajstić information content (AvgIpc) is 3.71. The van der Waals surface area contributed by atoms with Crippen LogP contribution in [0.15, 0.2) is 200 Å². The van der Waals surface area contributed by atoms with Crippen LogP contribution >= 0.6 is 0 Å². The molecule has 2 aliphatic carbocycles. The van der Waals surface area contributed by atoms with Crippen molar-refractivity contribution < 1.29 is 0 Å². The summed E-state index contributed by atoms with van der Waals surface area (Å²) in [6.07, 6.45) is 0. The minimum atomic E-state index is -0.162. The van der Waals surface area contributed by atoms with Gasteiger partial charge in [-0.1, -0.05) is 179 Å². The number of benzene rings is 10. The van der Waals surface area contributed by atoms with Crippen molar-refractivity contribution in [3.05, 3.63) is 222 Å². The molecule has 0 unspecified atom stereocenters. The van der Waals surface area contributed by atoms with E-state index in [2.05, 4.69) is 228 Å². The van der Waals surface area contributed by atoms with Gasteiger partial charge in [0.25, 0.3) is 0 Å². The topological polar surface area (TPSA) is 12.9 Å². The Labute approximate surface area is 374 Å². The minimum Gasteiger partial charge on any atom is -0.247 e. The zero-order valence-electron chi connectivity index (χ0n) is 36.5. The maximum atomic E-state index is 5.25. The molecule has 0 bridgehead atoms. The summed E-state index contributed by atoms with van der Waals surface area (Å²) >= 11 is 0. The molecular formula is C63H45N. The van der Waals surface area contributed by atoms with Gasteiger partial charge in [0.2, 0.25) is 0 Å². The van der Waals surface area contributed by atoms with Crippen LogP contribution in [-0.2, 0) is 10.8 Å². The highest BCUT2D eigenvalue weighted by molar-refractivity contribution is 6.06. The molecule has 0 atom stereocenters. The molecule has 302 valence electrons. The second-order valence-electron chi connectivity index (χ2n) is 19.2. The van der Waals surface area contributed by atoms with Crippen molar-refractivity contribution in [1.29, 1.82) is 0 Å². The third-order valence-electron chi connectivity index (χ3n) is 14.8. The van der Waals surface area contributed by atoms with Crippen LogP contribution in [0.2, 0.25) is 0 Å². The van der Waals surface area contributed by atoms with Gasteiger partial charge in [-0.05, 0) is 153 Å². The smallest absolute Gasteiger partial charge is 0.0787 e. The Morgan fingerprint density at radius 1 is 0.281 bits per heavy atom. The van der Waals surface area contributed by atoms with Crippen LogP contribution < -0.4 is 0 Å². The zero-order chi connectivity index (χ0) is 42.9. The van der Waals surface area contributed by atoms with Crippen molar-refractivity contribution >= 4 is 43.2 Å². The van der Waals surface area contributed by atoms with E-state index in [4.69, 9.17) is 4.98 Å². The number of pyridine rings is 1. The third-order valence-corrected chi connectivity index (χ3v) is 14.8. The summed E-state index contributed by atoms with van der Waals surface area (Å²) in [6.45, 7) is 9.55. The minimum absolute atomic E-state index is 0.145. The van der Waals surface area contributed by atoms with E-state index in [9.17, 15) is 0 Å². The molecule has 1 aromatic heterocycles. The van der Waals surface area contributed by atoms with Crippen molar-refractivity contribution in [2.45, 2.75) is 38.5 Å². The van der Waals surface area contributed by atoms with E-state index in [1.807, 2.05) is 0 Å². The first kappa shape index (κ1) is 37.0. The maximum Gasteiger partial charge on any atom is 0.0787 e. The Morgan fingerprint density at radius 2 is 0.625 bits per heavy atom. The van der Waals surface area contributed by atoms with E-state index >= 15 is 0 Å². The molecule has 1 heteroatoms. The van der Waals surface area contributed by atoms with Gasteiger partial charge in [-0.2, -0.15) is 0 Å². The molecule has 0 radical (unpaired) electrons. The fourth-order valence-corrected chi connectivity index (χ4v) is 11.2. The first-order chi connectivity index (χ1) is 31.2. The Kier molecular flexibility index (Phi) is 7.77. The summed E-state index contributed by atoms with van der Waals surface area (Å²) < 4.78 is 0. The molecule has 0 fully saturated rings. The molecule has 0 spiro atoms. The average molecular weight is 816 g/mol.